The lowest BCUT2D eigenvalue weighted by Crippen LogP contribution is -2.29. The second-order valence-electron chi connectivity index (χ2n) is 7.39. The van der Waals surface area contributed by atoms with E-state index < -0.39 is 0 Å². The molecule has 0 saturated carbocycles. The summed E-state index contributed by atoms with van der Waals surface area (Å²) in [5, 5.41) is 5.56. The number of amides is 1. The second-order valence-corrected chi connectivity index (χ2v) is 9.25. The number of thioether (sulfide) groups is 1. The third-order valence-corrected chi connectivity index (χ3v) is 7.30. The lowest BCUT2D eigenvalue weighted by Gasteiger charge is -2.20. The van der Waals surface area contributed by atoms with E-state index in [0.29, 0.717) is 21.9 Å². The summed E-state index contributed by atoms with van der Waals surface area (Å²) >= 11 is 2.72. The van der Waals surface area contributed by atoms with Gasteiger partial charge in [-0.2, -0.15) is 0 Å². The maximum Gasteiger partial charge on any atom is 0.272 e. The van der Waals surface area contributed by atoms with Gasteiger partial charge in [0.2, 0.25) is 5.91 Å². The molecular weight excluding hydrogens is 402 g/mol. The predicted octanol–water partition coefficient (Wildman–Crippen LogP) is 4.33. The Morgan fingerprint density at radius 3 is 2.86 bits per heavy atom. The molecule has 1 unspecified atom stereocenters. The lowest BCUT2D eigenvalue weighted by atomic mass is 9.89. The number of fused-ring (bicyclic) bond motifs is 2. The number of carbonyl (C=O) groups excluding carboxylic acids is 1. The third-order valence-electron chi connectivity index (χ3n) is 5.43. The number of carbonyl (C=O) groups is 1. The van der Waals surface area contributed by atoms with Gasteiger partial charge < -0.3 is 5.32 Å². The highest BCUT2D eigenvalue weighted by Gasteiger charge is 2.16. The molecule has 4 rings (SSSR count). The molecule has 0 radical (unpaired) electrons. The van der Waals surface area contributed by atoms with Crippen molar-refractivity contribution in [1.82, 2.24) is 14.9 Å². The molecule has 1 N–H and O–H groups in total. The Morgan fingerprint density at radius 2 is 2.07 bits per heavy atom. The maximum atomic E-state index is 12.6. The van der Waals surface area contributed by atoms with Crippen molar-refractivity contribution in [3.05, 3.63) is 56.7 Å². The van der Waals surface area contributed by atoms with Gasteiger partial charge in [-0.3, -0.25) is 14.2 Å². The highest BCUT2D eigenvalue weighted by atomic mass is 32.2. The Kier molecular flexibility index (Phi) is 6.06. The first-order valence-corrected chi connectivity index (χ1v) is 11.9. The Bertz CT molecular complexity index is 1100. The van der Waals surface area contributed by atoms with Gasteiger partial charge in [0.15, 0.2) is 5.16 Å². The van der Waals surface area contributed by atoms with Crippen LogP contribution in [0.25, 0.3) is 10.2 Å². The van der Waals surface area contributed by atoms with Crippen molar-refractivity contribution in [2.75, 3.05) is 5.75 Å². The van der Waals surface area contributed by atoms with Crippen LogP contribution in [-0.2, 0) is 24.2 Å². The Hall–Kier alpha value is -2.12. The fraction of sp³-hybridized carbons (Fsp3) is 0.409. The first-order valence-electron chi connectivity index (χ1n) is 10.1. The van der Waals surface area contributed by atoms with Crippen LogP contribution in [0.5, 0.6) is 0 Å². The fourth-order valence-electron chi connectivity index (χ4n) is 3.83. The maximum absolute atomic E-state index is 12.6. The predicted molar refractivity (Wildman–Crippen MR) is 120 cm³/mol. The smallest absolute Gasteiger partial charge is 0.272 e. The molecule has 2 aromatic heterocycles. The molecule has 1 aliphatic rings. The van der Waals surface area contributed by atoms with E-state index in [2.05, 4.69) is 28.5 Å². The van der Waals surface area contributed by atoms with Gasteiger partial charge in [0.05, 0.1) is 17.3 Å². The zero-order valence-electron chi connectivity index (χ0n) is 16.7. The number of rotatable bonds is 6. The molecule has 1 atom stereocenters. The van der Waals surface area contributed by atoms with Gasteiger partial charge in [0.25, 0.3) is 5.56 Å². The number of benzene rings is 1. The van der Waals surface area contributed by atoms with Crippen LogP contribution in [-0.4, -0.2) is 21.2 Å². The highest BCUT2D eigenvalue weighted by Crippen LogP contribution is 2.25. The van der Waals surface area contributed by atoms with Gasteiger partial charge in [-0.1, -0.05) is 30.0 Å². The van der Waals surface area contributed by atoms with Crippen molar-refractivity contribution in [2.24, 2.45) is 0 Å². The molecule has 5 nitrogen and oxygen atoms in total. The van der Waals surface area contributed by atoms with Gasteiger partial charge in [-0.05, 0) is 67.7 Å². The summed E-state index contributed by atoms with van der Waals surface area (Å²) in [6.45, 7) is 4.48. The van der Waals surface area contributed by atoms with Crippen molar-refractivity contribution < 1.29 is 4.79 Å². The first kappa shape index (κ1) is 20.2. The summed E-state index contributed by atoms with van der Waals surface area (Å²) in [4.78, 5) is 29.7. The van der Waals surface area contributed by atoms with Crippen LogP contribution in [0.2, 0.25) is 0 Å². The standard InChI is InChI=1S/C22H25N3O2S2/c1-3-25-21(27)20-18(10-11-28-20)24-22(25)29-13-19(26)23-14(2)16-9-8-15-6-4-5-7-17(15)12-16/h8-12,14H,3-7,13H2,1-2H3,(H,23,26). The number of hydrogen-bond acceptors (Lipinski definition) is 5. The molecule has 7 heteroatoms. The lowest BCUT2D eigenvalue weighted by molar-refractivity contribution is -0.119. The SMILES string of the molecule is CCn1c(SCC(=O)NC(C)c2ccc3c(c2)CCCC3)nc2ccsc2c1=O. The molecular formula is C22H25N3O2S2. The van der Waals surface area contributed by atoms with Gasteiger partial charge in [-0.25, -0.2) is 4.98 Å². The Balaban J connectivity index is 1.42. The van der Waals surface area contributed by atoms with Crippen molar-refractivity contribution in [3.63, 3.8) is 0 Å². The summed E-state index contributed by atoms with van der Waals surface area (Å²) in [6, 6.07) is 8.39. The van der Waals surface area contributed by atoms with E-state index in [4.69, 9.17) is 0 Å². The molecule has 3 aromatic rings. The van der Waals surface area contributed by atoms with E-state index in [-0.39, 0.29) is 23.3 Å². The summed E-state index contributed by atoms with van der Waals surface area (Å²) in [5.41, 5.74) is 4.69. The van der Waals surface area contributed by atoms with Crippen LogP contribution in [0.15, 0.2) is 39.6 Å². The first-order chi connectivity index (χ1) is 14.1. The number of nitrogens with one attached hydrogen (secondary N) is 1. The Labute approximate surface area is 178 Å². The van der Waals surface area contributed by atoms with Crippen molar-refractivity contribution >= 4 is 39.2 Å². The molecule has 1 aromatic carbocycles. The van der Waals surface area contributed by atoms with Crippen LogP contribution in [0.4, 0.5) is 0 Å². The molecule has 0 bridgehead atoms. The zero-order valence-corrected chi connectivity index (χ0v) is 18.4. The molecule has 0 spiro atoms. The number of thiophene rings is 1. The van der Waals surface area contributed by atoms with Gasteiger partial charge in [-0.15, -0.1) is 11.3 Å². The van der Waals surface area contributed by atoms with E-state index in [1.54, 1.807) is 4.57 Å². The monoisotopic (exact) mass is 427 g/mol. The molecule has 1 amide bonds. The third kappa shape index (κ3) is 4.26. The number of hydrogen-bond donors (Lipinski definition) is 1. The van der Waals surface area contributed by atoms with Crippen LogP contribution in [0, 0.1) is 0 Å². The highest BCUT2D eigenvalue weighted by molar-refractivity contribution is 7.99. The largest absolute Gasteiger partial charge is 0.349 e. The normalized spacial score (nSPS) is 14.6. The van der Waals surface area contributed by atoms with Gasteiger partial charge in [0, 0.05) is 6.54 Å². The van der Waals surface area contributed by atoms with E-state index in [0.717, 1.165) is 18.4 Å². The molecule has 0 saturated heterocycles. The minimum Gasteiger partial charge on any atom is -0.349 e. The Morgan fingerprint density at radius 1 is 1.28 bits per heavy atom. The second kappa shape index (κ2) is 8.71. The average molecular weight is 428 g/mol. The van der Waals surface area contributed by atoms with E-state index in [1.807, 2.05) is 25.3 Å². The molecule has 1 aliphatic carbocycles. The zero-order chi connectivity index (χ0) is 20.4. The number of aryl methyl sites for hydroxylation is 2. The minimum atomic E-state index is -0.0532. The summed E-state index contributed by atoms with van der Waals surface area (Å²) < 4.78 is 2.31. The van der Waals surface area contributed by atoms with Crippen LogP contribution < -0.4 is 10.9 Å². The molecule has 2 heterocycles. The number of nitrogens with zero attached hydrogens (tertiary/aromatic N) is 2. The molecule has 29 heavy (non-hydrogen) atoms. The number of aromatic nitrogens is 2. The van der Waals surface area contributed by atoms with E-state index in [9.17, 15) is 9.59 Å². The van der Waals surface area contributed by atoms with Crippen LogP contribution in [0.1, 0.15) is 49.4 Å². The summed E-state index contributed by atoms with van der Waals surface area (Å²) in [6.07, 6.45) is 4.80. The van der Waals surface area contributed by atoms with Gasteiger partial charge >= 0.3 is 0 Å². The average Bonchev–Trinajstić information content (AvgIpc) is 3.21. The van der Waals surface area contributed by atoms with Crippen molar-refractivity contribution in [2.45, 2.75) is 57.3 Å². The topological polar surface area (TPSA) is 64.0 Å². The van der Waals surface area contributed by atoms with Crippen molar-refractivity contribution in [3.8, 4) is 0 Å². The van der Waals surface area contributed by atoms with Crippen LogP contribution in [0.3, 0.4) is 0 Å². The molecule has 0 fully saturated rings. The molecule has 0 aliphatic heterocycles. The fourth-order valence-corrected chi connectivity index (χ4v) is 5.48. The quantitative estimate of drug-likeness (QED) is 0.470. The van der Waals surface area contributed by atoms with E-state index >= 15 is 0 Å². The minimum absolute atomic E-state index is 0.0298. The van der Waals surface area contributed by atoms with E-state index in [1.165, 1.54) is 47.1 Å². The van der Waals surface area contributed by atoms with Gasteiger partial charge in [0.1, 0.15) is 4.70 Å². The summed E-state index contributed by atoms with van der Waals surface area (Å²) in [7, 11) is 0. The van der Waals surface area contributed by atoms with Crippen LogP contribution >= 0.6 is 23.1 Å². The molecule has 152 valence electrons. The van der Waals surface area contributed by atoms with Crippen molar-refractivity contribution in [1.29, 1.82) is 0 Å². The summed E-state index contributed by atoms with van der Waals surface area (Å²) in [5.74, 6) is 0.180.